The number of carbonyl (C=O) groups is 3. The Morgan fingerprint density at radius 3 is 2.33 bits per heavy atom. The molecular formula is C32H43N3O5. The van der Waals surface area contributed by atoms with E-state index in [1.165, 1.54) is 0 Å². The molecule has 2 fully saturated rings. The van der Waals surface area contributed by atoms with Crippen molar-refractivity contribution in [3.63, 3.8) is 0 Å². The highest BCUT2D eigenvalue weighted by molar-refractivity contribution is 6.04. The number of anilines is 1. The van der Waals surface area contributed by atoms with E-state index < -0.39 is 29.1 Å². The number of fused-ring (bicyclic) bond motifs is 2. The number of carbonyl (C=O) groups excluding carboxylic acids is 3. The third-order valence-electron chi connectivity index (χ3n) is 9.05. The van der Waals surface area contributed by atoms with Gasteiger partial charge in [-0.25, -0.2) is 0 Å². The maximum atomic E-state index is 14.4. The largest absolute Gasteiger partial charge is 0.396 e. The van der Waals surface area contributed by atoms with Crippen LogP contribution in [0.5, 0.6) is 0 Å². The van der Waals surface area contributed by atoms with Crippen LogP contribution in [0.15, 0.2) is 54.6 Å². The predicted molar refractivity (Wildman–Crippen MR) is 153 cm³/mol. The molecule has 0 bridgehead atoms. The summed E-state index contributed by atoms with van der Waals surface area (Å²) in [5, 5.41) is 9.17. The van der Waals surface area contributed by atoms with Gasteiger partial charge in [-0.05, 0) is 38.3 Å². The van der Waals surface area contributed by atoms with Gasteiger partial charge in [0.25, 0.3) is 0 Å². The molecule has 1 N–H and O–H groups in total. The molecule has 4 heterocycles. The van der Waals surface area contributed by atoms with Crippen molar-refractivity contribution in [3.05, 3.63) is 54.6 Å². The molecule has 0 aliphatic carbocycles. The van der Waals surface area contributed by atoms with E-state index in [1.807, 2.05) is 66.5 Å². The second-order valence-corrected chi connectivity index (χ2v) is 11.7. The zero-order chi connectivity index (χ0) is 28.3. The molecule has 1 spiro atoms. The molecule has 1 aromatic rings. The van der Waals surface area contributed by atoms with Crippen molar-refractivity contribution in [2.45, 2.75) is 76.0 Å². The van der Waals surface area contributed by atoms with Gasteiger partial charge in [-0.3, -0.25) is 14.4 Å². The minimum Gasteiger partial charge on any atom is -0.396 e. The summed E-state index contributed by atoms with van der Waals surface area (Å²) >= 11 is 0. The van der Waals surface area contributed by atoms with Gasteiger partial charge in [0.15, 0.2) is 0 Å². The van der Waals surface area contributed by atoms with Gasteiger partial charge >= 0.3 is 0 Å². The highest BCUT2D eigenvalue weighted by Gasteiger charge is 2.74. The van der Waals surface area contributed by atoms with Gasteiger partial charge in [0.2, 0.25) is 17.7 Å². The lowest BCUT2D eigenvalue weighted by molar-refractivity contribution is -0.151. The highest BCUT2D eigenvalue weighted by Crippen LogP contribution is 2.57. The summed E-state index contributed by atoms with van der Waals surface area (Å²) in [7, 11) is 0. The predicted octanol–water partition coefficient (Wildman–Crippen LogP) is 3.70. The molecule has 3 amide bonds. The smallest absolute Gasteiger partial charge is 0.249 e. The first-order valence-corrected chi connectivity index (χ1v) is 15.0. The van der Waals surface area contributed by atoms with E-state index in [9.17, 15) is 19.5 Å². The van der Waals surface area contributed by atoms with Gasteiger partial charge < -0.3 is 24.5 Å². The zero-order valence-corrected chi connectivity index (χ0v) is 23.8. The first kappa shape index (κ1) is 28.6. The molecule has 1 aromatic carbocycles. The lowest BCUT2D eigenvalue weighted by Gasteiger charge is -2.37. The van der Waals surface area contributed by atoms with Crippen molar-refractivity contribution in [3.8, 4) is 0 Å². The SMILES string of the molecule is CCCCCN1CC=C[C@]23O[C@]4(C)C=CCN(c5ccccc5)C(=O)[C@@H]4[C@H]2C(=O)N(CCCCCCO)C3C1=O. The first-order valence-electron chi connectivity index (χ1n) is 15.0. The van der Waals surface area contributed by atoms with Crippen molar-refractivity contribution in [2.75, 3.05) is 37.7 Å². The Labute approximate surface area is 237 Å². The van der Waals surface area contributed by atoms with Crippen LogP contribution in [0.3, 0.4) is 0 Å². The maximum Gasteiger partial charge on any atom is 0.249 e. The number of nitrogens with zero attached hydrogens (tertiary/aromatic N) is 3. The molecule has 4 aliphatic rings. The molecule has 216 valence electrons. The minimum absolute atomic E-state index is 0.0938. The molecule has 0 aromatic heterocycles. The van der Waals surface area contributed by atoms with Crippen LogP contribution in [-0.2, 0) is 19.1 Å². The summed E-state index contributed by atoms with van der Waals surface area (Å²) < 4.78 is 6.91. The summed E-state index contributed by atoms with van der Waals surface area (Å²) in [5.74, 6) is -1.97. The Hall–Kier alpha value is -2.97. The van der Waals surface area contributed by atoms with E-state index in [0.29, 0.717) is 26.2 Å². The summed E-state index contributed by atoms with van der Waals surface area (Å²) in [4.78, 5) is 48.3. The van der Waals surface area contributed by atoms with Crippen LogP contribution in [0.1, 0.15) is 58.8 Å². The second kappa shape index (κ2) is 11.9. The van der Waals surface area contributed by atoms with E-state index in [1.54, 1.807) is 9.80 Å². The van der Waals surface area contributed by atoms with Crippen LogP contribution in [-0.4, -0.2) is 82.7 Å². The quantitative estimate of drug-likeness (QED) is 0.336. The molecule has 4 aliphatic heterocycles. The second-order valence-electron chi connectivity index (χ2n) is 11.7. The normalized spacial score (nSPS) is 31.3. The number of aliphatic hydroxyl groups excluding tert-OH is 1. The molecule has 0 saturated carbocycles. The number of unbranched alkanes of at least 4 members (excludes halogenated alkanes) is 5. The highest BCUT2D eigenvalue weighted by atomic mass is 16.5. The van der Waals surface area contributed by atoms with Gasteiger partial charge in [0.05, 0.1) is 17.4 Å². The van der Waals surface area contributed by atoms with Crippen molar-refractivity contribution in [1.29, 1.82) is 0 Å². The molecule has 8 heteroatoms. The number of hydrogen-bond donors (Lipinski definition) is 1. The lowest BCUT2D eigenvalue weighted by Crippen LogP contribution is -2.56. The Balaban J connectivity index is 1.52. The van der Waals surface area contributed by atoms with Gasteiger partial charge in [-0.15, -0.1) is 0 Å². The number of benzene rings is 1. The van der Waals surface area contributed by atoms with Crippen LogP contribution in [0.2, 0.25) is 0 Å². The maximum absolute atomic E-state index is 14.4. The van der Waals surface area contributed by atoms with E-state index >= 15 is 0 Å². The van der Waals surface area contributed by atoms with Gasteiger partial charge in [0.1, 0.15) is 11.6 Å². The third kappa shape index (κ3) is 4.90. The fourth-order valence-corrected chi connectivity index (χ4v) is 7.15. The van der Waals surface area contributed by atoms with Gasteiger partial charge in [-0.1, -0.05) is 75.1 Å². The number of para-hydroxylation sites is 1. The van der Waals surface area contributed by atoms with Crippen LogP contribution in [0.4, 0.5) is 5.69 Å². The Kier molecular flexibility index (Phi) is 8.47. The number of aliphatic hydroxyl groups is 1. The fourth-order valence-electron chi connectivity index (χ4n) is 7.15. The number of amides is 3. The minimum atomic E-state index is -1.21. The summed E-state index contributed by atoms with van der Waals surface area (Å²) in [6.07, 6.45) is 13.9. The number of ether oxygens (including phenoxy) is 1. The number of hydrogen-bond acceptors (Lipinski definition) is 5. The van der Waals surface area contributed by atoms with Crippen molar-refractivity contribution >= 4 is 23.4 Å². The molecule has 5 rings (SSSR count). The molecule has 2 saturated heterocycles. The van der Waals surface area contributed by atoms with Crippen molar-refractivity contribution in [2.24, 2.45) is 11.8 Å². The van der Waals surface area contributed by atoms with Crippen LogP contribution >= 0.6 is 0 Å². The molecule has 0 radical (unpaired) electrons. The lowest BCUT2D eigenvalue weighted by atomic mass is 9.74. The molecule has 40 heavy (non-hydrogen) atoms. The Bertz CT molecular complexity index is 1150. The van der Waals surface area contributed by atoms with Crippen molar-refractivity contribution < 1.29 is 24.2 Å². The van der Waals surface area contributed by atoms with E-state index in [4.69, 9.17) is 4.74 Å². The number of likely N-dealkylation sites (tertiary alicyclic amines) is 1. The summed E-state index contributed by atoms with van der Waals surface area (Å²) in [6, 6.07) is 8.72. The standard InChI is InChI=1S/C32H43N3O5/c1-3-4-10-19-33-20-14-18-32-26(29(38)35(27(32)30(33)39)21-11-5-6-12-23-36)25-28(37)34(24-15-8-7-9-16-24)22-13-17-31(25,2)40-32/h7-9,13-18,25-27,36H,3-6,10-12,19-23H2,1-2H3/t25-,26-,27?,31+,32-/m0/s1. The summed E-state index contributed by atoms with van der Waals surface area (Å²) in [5.41, 5.74) is -1.45. The van der Waals surface area contributed by atoms with Crippen molar-refractivity contribution in [1.82, 2.24) is 9.80 Å². The van der Waals surface area contributed by atoms with Crippen LogP contribution in [0, 0.1) is 11.8 Å². The van der Waals surface area contributed by atoms with Crippen LogP contribution in [0.25, 0.3) is 0 Å². The average Bonchev–Trinajstić information content (AvgIpc) is 3.21. The molecule has 1 unspecified atom stereocenters. The molecular weight excluding hydrogens is 506 g/mol. The van der Waals surface area contributed by atoms with Gasteiger partial charge in [-0.2, -0.15) is 0 Å². The molecule has 8 nitrogen and oxygen atoms in total. The Morgan fingerprint density at radius 1 is 0.850 bits per heavy atom. The molecule has 5 atom stereocenters. The average molecular weight is 550 g/mol. The van der Waals surface area contributed by atoms with E-state index in [-0.39, 0.29) is 24.3 Å². The fraction of sp³-hybridized carbons (Fsp3) is 0.594. The monoisotopic (exact) mass is 549 g/mol. The Morgan fingerprint density at radius 2 is 1.57 bits per heavy atom. The third-order valence-corrected chi connectivity index (χ3v) is 9.05. The van der Waals surface area contributed by atoms with Crippen LogP contribution < -0.4 is 4.90 Å². The number of rotatable bonds is 11. The topological polar surface area (TPSA) is 90.4 Å². The zero-order valence-electron chi connectivity index (χ0n) is 23.8. The van der Waals surface area contributed by atoms with Gasteiger partial charge in [0, 0.05) is 38.5 Å². The first-order chi connectivity index (χ1) is 19.4. The van der Waals surface area contributed by atoms with E-state index in [2.05, 4.69) is 6.92 Å². The summed E-state index contributed by atoms with van der Waals surface area (Å²) in [6.45, 7) is 6.09. The van der Waals surface area contributed by atoms with E-state index in [0.717, 1.165) is 50.6 Å².